The van der Waals surface area contributed by atoms with E-state index in [2.05, 4.69) is 22.8 Å². The summed E-state index contributed by atoms with van der Waals surface area (Å²) in [5.74, 6) is 0.318. The monoisotopic (exact) mass is 315 g/mol. The standard InChI is InChI=1S/C18H25N3O2/c1-2-19-18(23)21-15-9-8-14(12-15)16(21)17(22)20-11-10-13-6-4-3-5-7-13/h3-7,14-16H,2,8-12H2,1H3,(H,19,23)(H,20,22)/t14-,15-,16+/m0/s1. The Labute approximate surface area is 137 Å². The molecule has 2 N–H and O–H groups in total. The number of hydrogen-bond donors (Lipinski definition) is 2. The zero-order chi connectivity index (χ0) is 16.2. The lowest BCUT2D eigenvalue weighted by atomic mass is 9.98. The summed E-state index contributed by atoms with van der Waals surface area (Å²) in [7, 11) is 0. The fourth-order valence-electron chi connectivity index (χ4n) is 3.94. The first-order valence-corrected chi connectivity index (χ1v) is 8.58. The largest absolute Gasteiger partial charge is 0.354 e. The van der Waals surface area contributed by atoms with Crippen LogP contribution in [0.2, 0.25) is 0 Å². The van der Waals surface area contributed by atoms with Gasteiger partial charge in [0.15, 0.2) is 0 Å². The summed E-state index contributed by atoms with van der Waals surface area (Å²) >= 11 is 0. The second-order valence-corrected chi connectivity index (χ2v) is 6.44. The molecule has 3 atom stereocenters. The van der Waals surface area contributed by atoms with Gasteiger partial charge in [0.05, 0.1) is 0 Å². The zero-order valence-corrected chi connectivity index (χ0v) is 13.6. The molecule has 5 heteroatoms. The molecule has 0 aromatic heterocycles. The van der Waals surface area contributed by atoms with Crippen LogP contribution in [0.5, 0.6) is 0 Å². The van der Waals surface area contributed by atoms with Crippen LogP contribution in [0.1, 0.15) is 31.7 Å². The summed E-state index contributed by atoms with van der Waals surface area (Å²) in [6, 6.07) is 9.96. The minimum atomic E-state index is -0.295. The average molecular weight is 315 g/mol. The highest BCUT2D eigenvalue weighted by Gasteiger charge is 2.51. The molecule has 1 saturated carbocycles. The van der Waals surface area contributed by atoms with Crippen molar-refractivity contribution < 1.29 is 9.59 Å². The SMILES string of the molecule is CCNC(=O)N1[C@H]2CC[C@@H](C2)[C@@H]1C(=O)NCCc1ccccc1. The van der Waals surface area contributed by atoms with Gasteiger partial charge in [0.25, 0.3) is 0 Å². The van der Waals surface area contributed by atoms with Crippen LogP contribution in [0.25, 0.3) is 0 Å². The van der Waals surface area contributed by atoms with E-state index in [-0.39, 0.29) is 24.0 Å². The molecule has 3 amide bonds. The number of nitrogens with one attached hydrogen (secondary N) is 2. The quantitative estimate of drug-likeness (QED) is 0.872. The summed E-state index contributed by atoms with van der Waals surface area (Å²) in [6.45, 7) is 3.11. The molecule has 1 heterocycles. The van der Waals surface area contributed by atoms with Crippen LogP contribution in [0.15, 0.2) is 30.3 Å². The van der Waals surface area contributed by atoms with Crippen LogP contribution in [-0.2, 0) is 11.2 Å². The Morgan fingerprint density at radius 3 is 2.70 bits per heavy atom. The van der Waals surface area contributed by atoms with Gasteiger partial charge in [-0.25, -0.2) is 4.79 Å². The van der Waals surface area contributed by atoms with Gasteiger partial charge < -0.3 is 15.5 Å². The molecule has 5 nitrogen and oxygen atoms in total. The number of benzene rings is 1. The van der Waals surface area contributed by atoms with Gasteiger partial charge in [-0.1, -0.05) is 30.3 Å². The molecule has 2 aliphatic rings. The minimum Gasteiger partial charge on any atom is -0.354 e. The van der Waals surface area contributed by atoms with Gasteiger partial charge in [0, 0.05) is 19.1 Å². The molecule has 0 spiro atoms. The molecule has 1 aromatic rings. The topological polar surface area (TPSA) is 61.4 Å². The highest BCUT2D eigenvalue weighted by atomic mass is 16.2. The minimum absolute atomic E-state index is 0.000570. The highest BCUT2D eigenvalue weighted by Crippen LogP contribution is 2.42. The van der Waals surface area contributed by atoms with Crippen LogP contribution < -0.4 is 10.6 Å². The van der Waals surface area contributed by atoms with Crippen LogP contribution in [-0.4, -0.2) is 42.0 Å². The van der Waals surface area contributed by atoms with Crippen molar-refractivity contribution in [3.8, 4) is 0 Å². The Morgan fingerprint density at radius 2 is 1.96 bits per heavy atom. The van der Waals surface area contributed by atoms with E-state index in [1.165, 1.54) is 5.56 Å². The van der Waals surface area contributed by atoms with Crippen molar-refractivity contribution >= 4 is 11.9 Å². The number of rotatable bonds is 5. The van der Waals surface area contributed by atoms with Crippen molar-refractivity contribution in [3.63, 3.8) is 0 Å². The molecular weight excluding hydrogens is 290 g/mol. The first-order valence-electron chi connectivity index (χ1n) is 8.58. The van der Waals surface area contributed by atoms with E-state index < -0.39 is 0 Å². The molecule has 1 aromatic carbocycles. The lowest BCUT2D eigenvalue weighted by Gasteiger charge is -2.34. The molecule has 3 rings (SSSR count). The maximum Gasteiger partial charge on any atom is 0.318 e. The number of carbonyl (C=O) groups is 2. The first kappa shape index (κ1) is 15.8. The molecule has 1 aliphatic carbocycles. The van der Waals surface area contributed by atoms with E-state index in [1.807, 2.05) is 25.1 Å². The third-order valence-corrected chi connectivity index (χ3v) is 4.97. The summed E-state index contributed by atoms with van der Waals surface area (Å²) < 4.78 is 0. The molecule has 1 saturated heterocycles. The van der Waals surface area contributed by atoms with Gasteiger partial charge in [0.1, 0.15) is 6.04 Å². The molecule has 23 heavy (non-hydrogen) atoms. The van der Waals surface area contributed by atoms with Crippen LogP contribution in [0.4, 0.5) is 4.79 Å². The number of likely N-dealkylation sites (tertiary alicyclic amines) is 1. The van der Waals surface area contributed by atoms with Gasteiger partial charge in [-0.3, -0.25) is 4.79 Å². The number of hydrogen-bond acceptors (Lipinski definition) is 2. The van der Waals surface area contributed by atoms with Crippen molar-refractivity contribution in [2.45, 2.75) is 44.7 Å². The molecule has 2 fully saturated rings. The van der Waals surface area contributed by atoms with E-state index in [9.17, 15) is 9.59 Å². The zero-order valence-electron chi connectivity index (χ0n) is 13.6. The Kier molecular flexibility index (Phi) is 4.84. The van der Waals surface area contributed by atoms with E-state index in [4.69, 9.17) is 0 Å². The van der Waals surface area contributed by atoms with Crippen molar-refractivity contribution in [2.24, 2.45) is 5.92 Å². The van der Waals surface area contributed by atoms with Crippen molar-refractivity contribution in [2.75, 3.05) is 13.1 Å². The molecule has 0 unspecified atom stereocenters. The number of fused-ring (bicyclic) bond motifs is 2. The van der Waals surface area contributed by atoms with Crippen LogP contribution in [0.3, 0.4) is 0 Å². The molecule has 124 valence electrons. The average Bonchev–Trinajstić information content (AvgIpc) is 3.17. The van der Waals surface area contributed by atoms with E-state index in [0.717, 1.165) is 25.7 Å². The van der Waals surface area contributed by atoms with E-state index in [0.29, 0.717) is 19.0 Å². The second-order valence-electron chi connectivity index (χ2n) is 6.44. The maximum atomic E-state index is 12.6. The lowest BCUT2D eigenvalue weighted by molar-refractivity contribution is -0.126. The number of piperidine rings is 1. The van der Waals surface area contributed by atoms with Crippen LogP contribution in [0, 0.1) is 5.92 Å². The van der Waals surface area contributed by atoms with Gasteiger partial charge in [0.2, 0.25) is 5.91 Å². The summed E-state index contributed by atoms with van der Waals surface area (Å²) in [6.07, 6.45) is 3.86. The van der Waals surface area contributed by atoms with Gasteiger partial charge in [-0.05, 0) is 44.1 Å². The third kappa shape index (κ3) is 3.33. The Balaban J connectivity index is 1.58. The molecular formula is C18H25N3O2. The lowest BCUT2D eigenvalue weighted by Crippen LogP contribution is -2.55. The van der Waals surface area contributed by atoms with Gasteiger partial charge in [-0.15, -0.1) is 0 Å². The summed E-state index contributed by atoms with van der Waals surface area (Å²) in [5.41, 5.74) is 1.21. The number of urea groups is 1. The number of amides is 3. The fourth-order valence-corrected chi connectivity index (χ4v) is 3.94. The number of carbonyl (C=O) groups excluding carboxylic acids is 2. The fraction of sp³-hybridized carbons (Fsp3) is 0.556. The third-order valence-electron chi connectivity index (χ3n) is 4.97. The second kappa shape index (κ2) is 7.02. The molecule has 2 bridgehead atoms. The predicted octanol–water partition coefficient (Wildman–Crippen LogP) is 1.93. The Bertz CT molecular complexity index is 561. The number of nitrogens with zero attached hydrogens (tertiary/aromatic N) is 1. The summed E-state index contributed by atoms with van der Waals surface area (Å²) in [4.78, 5) is 26.7. The van der Waals surface area contributed by atoms with Crippen molar-refractivity contribution in [1.82, 2.24) is 15.5 Å². The van der Waals surface area contributed by atoms with Crippen molar-refractivity contribution in [3.05, 3.63) is 35.9 Å². The summed E-state index contributed by atoms with van der Waals surface area (Å²) in [5, 5.41) is 5.87. The normalized spacial score (nSPS) is 25.4. The van der Waals surface area contributed by atoms with E-state index >= 15 is 0 Å². The van der Waals surface area contributed by atoms with Crippen molar-refractivity contribution in [1.29, 1.82) is 0 Å². The van der Waals surface area contributed by atoms with Gasteiger partial charge >= 0.3 is 6.03 Å². The highest BCUT2D eigenvalue weighted by molar-refractivity contribution is 5.88. The van der Waals surface area contributed by atoms with E-state index in [1.54, 1.807) is 4.90 Å². The first-order chi connectivity index (χ1) is 11.2. The van der Waals surface area contributed by atoms with Crippen LogP contribution >= 0.6 is 0 Å². The van der Waals surface area contributed by atoms with Gasteiger partial charge in [-0.2, -0.15) is 0 Å². The Morgan fingerprint density at radius 1 is 1.17 bits per heavy atom. The molecule has 1 aliphatic heterocycles. The smallest absolute Gasteiger partial charge is 0.318 e. The Hall–Kier alpha value is -2.04. The predicted molar refractivity (Wildman–Crippen MR) is 89.0 cm³/mol. The molecule has 0 radical (unpaired) electrons. The maximum absolute atomic E-state index is 12.6.